The predicted octanol–water partition coefficient (Wildman–Crippen LogP) is 3.30. The van der Waals surface area contributed by atoms with Gasteiger partial charge in [0.05, 0.1) is 0 Å². The molecule has 1 aliphatic heterocycles. The molecule has 5 nitrogen and oxygen atoms in total. The van der Waals surface area contributed by atoms with Crippen LogP contribution in [-0.4, -0.2) is 41.3 Å². The van der Waals surface area contributed by atoms with Gasteiger partial charge in [-0.25, -0.2) is 4.98 Å². The first-order chi connectivity index (χ1) is 12.7. The summed E-state index contributed by atoms with van der Waals surface area (Å²) in [5.74, 6) is 0.402. The Morgan fingerprint density at radius 2 is 1.85 bits per heavy atom. The Kier molecular flexibility index (Phi) is 4.50. The van der Waals surface area contributed by atoms with Crippen LogP contribution in [0.4, 0.5) is 5.82 Å². The molecule has 0 radical (unpaired) electrons. The summed E-state index contributed by atoms with van der Waals surface area (Å²) < 4.78 is 0. The number of amides is 2. The van der Waals surface area contributed by atoms with Crippen molar-refractivity contribution in [3.05, 3.63) is 71.1 Å². The molecule has 1 saturated heterocycles. The molecule has 4 rings (SSSR count). The Hall–Kier alpha value is -2.99. The summed E-state index contributed by atoms with van der Waals surface area (Å²) in [6.45, 7) is 1.02. The van der Waals surface area contributed by atoms with Crippen molar-refractivity contribution in [3.8, 4) is 11.1 Å². The summed E-state index contributed by atoms with van der Waals surface area (Å²) in [7, 11) is 0. The molecule has 3 heterocycles. The van der Waals surface area contributed by atoms with Crippen molar-refractivity contribution in [2.75, 3.05) is 24.5 Å². The van der Waals surface area contributed by atoms with Crippen molar-refractivity contribution in [2.45, 2.75) is 0 Å². The second-order valence-corrected chi connectivity index (χ2v) is 6.83. The summed E-state index contributed by atoms with van der Waals surface area (Å²) in [5.41, 5.74) is 2.83. The van der Waals surface area contributed by atoms with Crippen LogP contribution in [0.15, 0.2) is 65.5 Å². The molecule has 0 spiro atoms. The van der Waals surface area contributed by atoms with Gasteiger partial charge in [0.25, 0.3) is 5.91 Å². The molecule has 0 unspecified atom stereocenters. The standard InChI is InChI=1S/C20H17N3O2S/c24-19-13-22(10-11-23(19)18-3-1-2-9-21-18)20(25)16-6-4-15(5-7-16)17-8-12-26-14-17/h1-9,12,14H,10-11,13H2. The zero-order valence-corrected chi connectivity index (χ0v) is 14.9. The van der Waals surface area contributed by atoms with Gasteiger partial charge in [0.15, 0.2) is 0 Å². The molecule has 0 N–H and O–H groups in total. The number of carbonyl (C=O) groups excluding carboxylic acids is 2. The highest BCUT2D eigenvalue weighted by molar-refractivity contribution is 7.08. The Labute approximate surface area is 155 Å². The predicted molar refractivity (Wildman–Crippen MR) is 102 cm³/mol. The van der Waals surface area contributed by atoms with E-state index < -0.39 is 0 Å². The minimum Gasteiger partial charge on any atom is -0.328 e. The van der Waals surface area contributed by atoms with Crippen LogP contribution in [0, 0.1) is 0 Å². The molecule has 2 amide bonds. The van der Waals surface area contributed by atoms with Gasteiger partial charge >= 0.3 is 0 Å². The van der Waals surface area contributed by atoms with Crippen molar-refractivity contribution >= 4 is 29.0 Å². The quantitative estimate of drug-likeness (QED) is 0.717. The second kappa shape index (κ2) is 7.09. The van der Waals surface area contributed by atoms with Crippen LogP contribution >= 0.6 is 11.3 Å². The molecule has 0 saturated carbocycles. The van der Waals surface area contributed by atoms with Crippen LogP contribution in [0.25, 0.3) is 11.1 Å². The van der Waals surface area contributed by atoms with E-state index in [-0.39, 0.29) is 18.4 Å². The minimum absolute atomic E-state index is 0.0711. The Morgan fingerprint density at radius 1 is 1.00 bits per heavy atom. The number of benzene rings is 1. The van der Waals surface area contributed by atoms with E-state index in [0.29, 0.717) is 24.5 Å². The molecule has 3 aromatic rings. The number of hydrogen-bond acceptors (Lipinski definition) is 4. The van der Waals surface area contributed by atoms with Gasteiger partial charge in [-0.15, -0.1) is 0 Å². The minimum atomic E-state index is -0.115. The first-order valence-corrected chi connectivity index (χ1v) is 9.30. The van der Waals surface area contributed by atoms with Gasteiger partial charge in [-0.1, -0.05) is 18.2 Å². The van der Waals surface area contributed by atoms with Gasteiger partial charge in [0, 0.05) is 24.8 Å². The summed E-state index contributed by atoms with van der Waals surface area (Å²) in [6, 6.07) is 15.1. The summed E-state index contributed by atoms with van der Waals surface area (Å²) in [5, 5.41) is 4.10. The Balaban J connectivity index is 1.45. The van der Waals surface area contributed by atoms with Gasteiger partial charge in [0.2, 0.25) is 5.91 Å². The highest BCUT2D eigenvalue weighted by Crippen LogP contribution is 2.23. The van der Waals surface area contributed by atoms with Crippen LogP contribution < -0.4 is 4.90 Å². The van der Waals surface area contributed by atoms with E-state index in [1.165, 1.54) is 0 Å². The van der Waals surface area contributed by atoms with Crippen LogP contribution in [0.1, 0.15) is 10.4 Å². The fraction of sp³-hybridized carbons (Fsp3) is 0.150. The number of piperazine rings is 1. The average Bonchev–Trinajstić information content (AvgIpc) is 3.23. The summed E-state index contributed by atoms with van der Waals surface area (Å²) in [4.78, 5) is 32.6. The highest BCUT2D eigenvalue weighted by atomic mass is 32.1. The van der Waals surface area contributed by atoms with Gasteiger partial charge in [-0.2, -0.15) is 11.3 Å². The maximum absolute atomic E-state index is 12.7. The average molecular weight is 363 g/mol. The number of carbonyl (C=O) groups is 2. The van der Waals surface area contributed by atoms with Crippen LogP contribution in [0.3, 0.4) is 0 Å². The zero-order valence-electron chi connectivity index (χ0n) is 14.0. The lowest BCUT2D eigenvalue weighted by Crippen LogP contribution is -2.52. The van der Waals surface area contributed by atoms with Crippen molar-refractivity contribution in [3.63, 3.8) is 0 Å². The fourth-order valence-electron chi connectivity index (χ4n) is 3.02. The van der Waals surface area contributed by atoms with Crippen molar-refractivity contribution in [2.24, 2.45) is 0 Å². The number of thiophene rings is 1. The van der Waals surface area contributed by atoms with E-state index in [2.05, 4.69) is 16.4 Å². The van der Waals surface area contributed by atoms with E-state index in [4.69, 9.17) is 0 Å². The fourth-order valence-corrected chi connectivity index (χ4v) is 3.68. The lowest BCUT2D eigenvalue weighted by atomic mass is 10.1. The molecule has 0 atom stereocenters. The molecular weight excluding hydrogens is 346 g/mol. The topological polar surface area (TPSA) is 53.5 Å². The smallest absolute Gasteiger partial charge is 0.254 e. The largest absolute Gasteiger partial charge is 0.328 e. The van der Waals surface area contributed by atoms with Crippen molar-refractivity contribution < 1.29 is 9.59 Å². The van der Waals surface area contributed by atoms with Gasteiger partial charge in [0.1, 0.15) is 12.4 Å². The van der Waals surface area contributed by atoms with E-state index in [0.717, 1.165) is 11.1 Å². The highest BCUT2D eigenvalue weighted by Gasteiger charge is 2.29. The molecule has 0 aliphatic carbocycles. The Morgan fingerprint density at radius 3 is 2.50 bits per heavy atom. The lowest BCUT2D eigenvalue weighted by Gasteiger charge is -2.33. The molecule has 6 heteroatoms. The zero-order chi connectivity index (χ0) is 17.9. The number of hydrogen-bond donors (Lipinski definition) is 0. The normalized spacial score (nSPS) is 14.5. The van der Waals surface area contributed by atoms with Crippen molar-refractivity contribution in [1.82, 2.24) is 9.88 Å². The number of aromatic nitrogens is 1. The third-order valence-electron chi connectivity index (χ3n) is 4.42. The number of rotatable bonds is 3. The van der Waals surface area contributed by atoms with Gasteiger partial charge in [-0.05, 0) is 52.2 Å². The van der Waals surface area contributed by atoms with E-state index in [1.807, 2.05) is 41.8 Å². The monoisotopic (exact) mass is 363 g/mol. The van der Waals surface area contributed by atoms with E-state index >= 15 is 0 Å². The maximum Gasteiger partial charge on any atom is 0.254 e. The molecular formula is C20H17N3O2S. The lowest BCUT2D eigenvalue weighted by molar-refractivity contribution is -0.120. The van der Waals surface area contributed by atoms with Crippen LogP contribution in [0.2, 0.25) is 0 Å². The number of nitrogens with zero attached hydrogens (tertiary/aromatic N) is 3. The van der Waals surface area contributed by atoms with Gasteiger partial charge in [-0.3, -0.25) is 14.5 Å². The molecule has 26 heavy (non-hydrogen) atoms. The van der Waals surface area contributed by atoms with E-state index in [9.17, 15) is 9.59 Å². The first-order valence-electron chi connectivity index (χ1n) is 8.36. The van der Waals surface area contributed by atoms with E-state index in [1.54, 1.807) is 33.4 Å². The van der Waals surface area contributed by atoms with Gasteiger partial charge < -0.3 is 4.90 Å². The SMILES string of the molecule is O=C(c1ccc(-c2ccsc2)cc1)N1CCN(c2ccccn2)C(=O)C1. The molecule has 2 aromatic heterocycles. The van der Waals surface area contributed by atoms with Crippen LogP contribution in [-0.2, 0) is 4.79 Å². The molecule has 130 valence electrons. The van der Waals surface area contributed by atoms with Crippen LogP contribution in [0.5, 0.6) is 0 Å². The number of anilines is 1. The summed E-state index contributed by atoms with van der Waals surface area (Å²) >= 11 is 1.64. The third kappa shape index (κ3) is 3.23. The number of pyridine rings is 1. The molecule has 1 aliphatic rings. The first kappa shape index (κ1) is 16.5. The molecule has 1 fully saturated rings. The summed E-state index contributed by atoms with van der Waals surface area (Å²) in [6.07, 6.45) is 1.66. The third-order valence-corrected chi connectivity index (χ3v) is 5.10. The maximum atomic E-state index is 12.7. The second-order valence-electron chi connectivity index (χ2n) is 6.05. The van der Waals surface area contributed by atoms with Crippen molar-refractivity contribution in [1.29, 1.82) is 0 Å². The Bertz CT molecular complexity index is 908. The molecule has 0 bridgehead atoms. The molecule has 1 aromatic carbocycles.